The van der Waals surface area contributed by atoms with Crippen LogP contribution in [0.25, 0.3) is 0 Å². The van der Waals surface area contributed by atoms with Crippen LogP contribution in [-0.4, -0.2) is 10.9 Å². The second-order valence-electron chi connectivity index (χ2n) is 5.45. The van der Waals surface area contributed by atoms with Crippen molar-refractivity contribution in [1.82, 2.24) is 10.6 Å². The van der Waals surface area contributed by atoms with Crippen molar-refractivity contribution in [1.29, 1.82) is 0 Å². The summed E-state index contributed by atoms with van der Waals surface area (Å²) in [5, 5.41) is 21.5. The number of hydrogen-bond donors (Lipinski definition) is 2. The Morgan fingerprint density at radius 2 is 1.54 bits per heavy atom. The van der Waals surface area contributed by atoms with Gasteiger partial charge in [0.15, 0.2) is 5.96 Å². The Labute approximate surface area is 159 Å². The number of hydrogen-bond acceptors (Lipinski definition) is 5. The monoisotopic (exact) mass is 386 g/mol. The quantitative estimate of drug-likeness (QED) is 0.277. The summed E-state index contributed by atoms with van der Waals surface area (Å²) in [5.74, 6) is 0.713. The van der Waals surface area contributed by atoms with Crippen molar-refractivity contribution in [2.45, 2.75) is 19.6 Å². The van der Waals surface area contributed by atoms with Crippen molar-refractivity contribution in [2.24, 2.45) is 4.99 Å². The van der Waals surface area contributed by atoms with Gasteiger partial charge >= 0.3 is 0 Å². The van der Waals surface area contributed by atoms with E-state index in [1.165, 1.54) is 21.9 Å². The van der Waals surface area contributed by atoms with Gasteiger partial charge < -0.3 is 10.6 Å². The zero-order valence-electron chi connectivity index (χ0n) is 13.9. The molecule has 2 aromatic heterocycles. The average Bonchev–Trinajstić information content (AvgIpc) is 3.35. The van der Waals surface area contributed by atoms with Crippen molar-refractivity contribution < 1.29 is 4.92 Å². The number of non-ortho nitro benzene ring substituents is 1. The van der Waals surface area contributed by atoms with Crippen molar-refractivity contribution in [2.75, 3.05) is 0 Å². The lowest BCUT2D eigenvalue weighted by Gasteiger charge is -2.11. The fourth-order valence-corrected chi connectivity index (χ4v) is 3.52. The van der Waals surface area contributed by atoms with E-state index >= 15 is 0 Å². The zero-order chi connectivity index (χ0) is 18.2. The molecule has 1 aromatic carbocycles. The maximum atomic E-state index is 10.7. The van der Waals surface area contributed by atoms with Crippen LogP contribution in [0.15, 0.2) is 64.3 Å². The van der Waals surface area contributed by atoms with Crippen LogP contribution in [-0.2, 0) is 19.6 Å². The molecule has 0 aliphatic carbocycles. The maximum absolute atomic E-state index is 10.7. The van der Waals surface area contributed by atoms with Crippen LogP contribution < -0.4 is 10.6 Å². The Morgan fingerprint density at radius 3 is 2.00 bits per heavy atom. The molecule has 6 nitrogen and oxygen atoms in total. The van der Waals surface area contributed by atoms with Crippen molar-refractivity contribution in [3.63, 3.8) is 0 Å². The lowest BCUT2D eigenvalue weighted by Crippen LogP contribution is -2.36. The average molecular weight is 387 g/mol. The molecule has 3 aromatic rings. The molecule has 0 aliphatic heterocycles. The van der Waals surface area contributed by atoms with Crippen LogP contribution in [0.3, 0.4) is 0 Å². The standard InChI is InChI=1S/C18H18N4O2S2/c23-22(24)15-7-5-14(6-8-15)11-19-18(20-12-16-3-1-9-25-16)21-13-17-4-2-10-26-17/h1-10H,11-13H2,(H2,19,20,21). The van der Waals surface area contributed by atoms with Gasteiger partial charge in [0.1, 0.15) is 0 Å². The molecule has 0 spiro atoms. The number of nitrogens with one attached hydrogen (secondary N) is 2. The van der Waals surface area contributed by atoms with Crippen LogP contribution in [0.5, 0.6) is 0 Å². The van der Waals surface area contributed by atoms with Gasteiger partial charge in [0.2, 0.25) is 0 Å². The highest BCUT2D eigenvalue weighted by Gasteiger charge is 2.05. The van der Waals surface area contributed by atoms with Gasteiger partial charge in [0.05, 0.1) is 24.6 Å². The minimum atomic E-state index is -0.399. The molecule has 0 amide bonds. The second kappa shape index (κ2) is 9.12. The predicted octanol–water partition coefficient (Wildman–Crippen LogP) is 4.15. The van der Waals surface area contributed by atoms with E-state index in [0.29, 0.717) is 25.6 Å². The molecule has 0 saturated heterocycles. The first-order valence-corrected chi connectivity index (χ1v) is 9.77. The van der Waals surface area contributed by atoms with Gasteiger partial charge in [-0.15, -0.1) is 22.7 Å². The molecule has 0 saturated carbocycles. The van der Waals surface area contributed by atoms with Crippen LogP contribution in [0, 0.1) is 10.1 Å². The number of nitro benzene ring substituents is 1. The SMILES string of the molecule is O=[N+]([O-])c1ccc(CN=C(NCc2cccs2)NCc2cccs2)cc1. The summed E-state index contributed by atoms with van der Waals surface area (Å²) in [7, 11) is 0. The first kappa shape index (κ1) is 18.1. The van der Waals surface area contributed by atoms with E-state index in [-0.39, 0.29) is 5.69 Å². The summed E-state index contributed by atoms with van der Waals surface area (Å²) < 4.78 is 0. The highest BCUT2D eigenvalue weighted by Crippen LogP contribution is 2.13. The molecule has 8 heteroatoms. The first-order valence-electron chi connectivity index (χ1n) is 8.01. The number of thiophene rings is 2. The van der Waals surface area contributed by atoms with E-state index in [0.717, 1.165) is 5.56 Å². The molecular weight excluding hydrogens is 368 g/mol. The van der Waals surface area contributed by atoms with E-state index in [1.54, 1.807) is 34.8 Å². The molecule has 0 fully saturated rings. The third-order valence-corrected chi connectivity index (χ3v) is 5.34. The second-order valence-corrected chi connectivity index (χ2v) is 7.52. The van der Waals surface area contributed by atoms with Gasteiger partial charge in [-0.3, -0.25) is 10.1 Å². The van der Waals surface area contributed by atoms with Crippen molar-refractivity contribution in [3.8, 4) is 0 Å². The van der Waals surface area contributed by atoms with E-state index in [1.807, 2.05) is 22.9 Å². The summed E-state index contributed by atoms with van der Waals surface area (Å²) >= 11 is 3.38. The summed E-state index contributed by atoms with van der Waals surface area (Å²) in [6.07, 6.45) is 0. The van der Waals surface area contributed by atoms with Gasteiger partial charge in [-0.1, -0.05) is 24.3 Å². The molecule has 0 unspecified atom stereocenters. The molecule has 0 aliphatic rings. The Morgan fingerprint density at radius 1 is 0.962 bits per heavy atom. The highest BCUT2D eigenvalue weighted by molar-refractivity contribution is 7.10. The molecule has 0 atom stereocenters. The van der Waals surface area contributed by atoms with Crippen LogP contribution >= 0.6 is 22.7 Å². The number of benzene rings is 1. The van der Waals surface area contributed by atoms with E-state index in [2.05, 4.69) is 27.8 Å². The zero-order valence-corrected chi connectivity index (χ0v) is 15.6. The number of nitrogens with zero attached hydrogens (tertiary/aromatic N) is 2. The molecule has 2 heterocycles. The lowest BCUT2D eigenvalue weighted by atomic mass is 10.2. The Kier molecular flexibility index (Phi) is 6.34. The summed E-state index contributed by atoms with van der Waals surface area (Å²) in [4.78, 5) is 17.4. The fourth-order valence-electron chi connectivity index (χ4n) is 2.24. The number of guanidine groups is 1. The Hall–Kier alpha value is -2.71. The Balaban J connectivity index is 1.63. The maximum Gasteiger partial charge on any atom is 0.269 e. The normalized spacial score (nSPS) is 10.3. The number of rotatable bonds is 7. The molecule has 2 N–H and O–H groups in total. The van der Waals surface area contributed by atoms with Gasteiger partial charge in [0, 0.05) is 21.9 Å². The van der Waals surface area contributed by atoms with Crippen LogP contribution in [0.4, 0.5) is 5.69 Å². The third-order valence-electron chi connectivity index (χ3n) is 3.59. The molecule has 26 heavy (non-hydrogen) atoms. The Bertz CT molecular complexity index is 804. The van der Waals surface area contributed by atoms with Crippen molar-refractivity contribution >= 4 is 34.3 Å². The predicted molar refractivity (Wildman–Crippen MR) is 107 cm³/mol. The largest absolute Gasteiger partial charge is 0.351 e. The summed E-state index contributed by atoms with van der Waals surface area (Å²) in [5.41, 5.74) is 1.01. The van der Waals surface area contributed by atoms with Crippen molar-refractivity contribution in [3.05, 3.63) is 84.7 Å². The summed E-state index contributed by atoms with van der Waals surface area (Å²) in [6.45, 7) is 1.85. The number of aliphatic imine (C=N–C) groups is 1. The first-order chi connectivity index (χ1) is 12.7. The van der Waals surface area contributed by atoms with Crippen LogP contribution in [0.1, 0.15) is 15.3 Å². The van der Waals surface area contributed by atoms with Gasteiger partial charge in [0.25, 0.3) is 5.69 Å². The van der Waals surface area contributed by atoms with E-state index in [9.17, 15) is 10.1 Å². The minimum Gasteiger partial charge on any atom is -0.351 e. The minimum absolute atomic E-state index is 0.0876. The van der Waals surface area contributed by atoms with E-state index in [4.69, 9.17) is 0 Å². The van der Waals surface area contributed by atoms with Gasteiger partial charge in [-0.25, -0.2) is 4.99 Å². The number of nitro groups is 1. The molecule has 0 radical (unpaired) electrons. The van der Waals surface area contributed by atoms with E-state index < -0.39 is 4.92 Å². The molecular formula is C18H18N4O2S2. The molecule has 134 valence electrons. The topological polar surface area (TPSA) is 79.6 Å². The summed E-state index contributed by atoms with van der Waals surface area (Å²) in [6, 6.07) is 14.7. The lowest BCUT2D eigenvalue weighted by molar-refractivity contribution is -0.384. The van der Waals surface area contributed by atoms with Crippen LogP contribution in [0.2, 0.25) is 0 Å². The highest BCUT2D eigenvalue weighted by atomic mass is 32.1. The third kappa shape index (κ3) is 5.40. The molecule has 3 rings (SSSR count). The van der Waals surface area contributed by atoms with Gasteiger partial charge in [-0.05, 0) is 28.5 Å². The van der Waals surface area contributed by atoms with Gasteiger partial charge in [-0.2, -0.15) is 0 Å². The fraction of sp³-hybridized carbons (Fsp3) is 0.167. The smallest absolute Gasteiger partial charge is 0.269 e. The molecule has 0 bridgehead atoms.